The Bertz CT molecular complexity index is 965. The van der Waals surface area contributed by atoms with Crippen LogP contribution in [0.2, 0.25) is 0 Å². The van der Waals surface area contributed by atoms with Crippen molar-refractivity contribution in [3.8, 4) is 0 Å². The molecule has 27 heavy (non-hydrogen) atoms. The zero-order chi connectivity index (χ0) is 19.2. The highest BCUT2D eigenvalue weighted by Crippen LogP contribution is 2.14. The molecule has 0 spiro atoms. The number of nitrogens with one attached hydrogen (secondary N) is 2. The maximum atomic E-state index is 12.4. The van der Waals surface area contributed by atoms with Crippen molar-refractivity contribution in [2.24, 2.45) is 0 Å². The number of carbonyl (C=O) groups excluding carboxylic acids is 2. The second-order valence-corrected chi connectivity index (χ2v) is 6.36. The van der Waals surface area contributed by atoms with Crippen LogP contribution in [0.1, 0.15) is 38.9 Å². The molecule has 0 fully saturated rings. The Morgan fingerprint density at radius 3 is 2.44 bits per heavy atom. The summed E-state index contributed by atoms with van der Waals surface area (Å²) in [7, 11) is 0. The Hall–Kier alpha value is -3.47. The van der Waals surface area contributed by atoms with E-state index in [0.717, 1.165) is 5.69 Å². The fourth-order valence-electron chi connectivity index (χ4n) is 2.67. The van der Waals surface area contributed by atoms with E-state index < -0.39 is 0 Å². The van der Waals surface area contributed by atoms with Crippen LogP contribution < -0.4 is 10.6 Å². The standard InChI is InChI=1S/C22H21N3O2/c1-15-4-3-5-17(12-15)14-24-20-10-11-23-21(13-20)22(27)25-19-8-6-18(7-9-19)16(2)26/h3-13H,14H2,1-2H3,(H,23,24)(H,25,27). The van der Waals surface area contributed by atoms with Gasteiger partial charge >= 0.3 is 0 Å². The van der Waals surface area contributed by atoms with Crippen LogP contribution >= 0.6 is 0 Å². The number of hydrogen-bond donors (Lipinski definition) is 2. The second-order valence-electron chi connectivity index (χ2n) is 6.36. The third-order valence-electron chi connectivity index (χ3n) is 4.12. The zero-order valence-electron chi connectivity index (χ0n) is 15.3. The molecule has 1 amide bonds. The average molecular weight is 359 g/mol. The van der Waals surface area contributed by atoms with Crippen molar-refractivity contribution in [1.29, 1.82) is 0 Å². The number of amides is 1. The molecule has 0 saturated heterocycles. The van der Waals surface area contributed by atoms with Crippen molar-refractivity contribution in [3.63, 3.8) is 0 Å². The van der Waals surface area contributed by atoms with E-state index in [1.807, 2.05) is 12.1 Å². The number of aryl methyl sites for hydroxylation is 1. The molecule has 0 unspecified atom stereocenters. The lowest BCUT2D eigenvalue weighted by atomic mass is 10.1. The largest absolute Gasteiger partial charge is 0.381 e. The molecule has 0 aliphatic heterocycles. The van der Waals surface area contributed by atoms with Gasteiger partial charge < -0.3 is 10.6 Å². The molecule has 5 heteroatoms. The van der Waals surface area contributed by atoms with E-state index >= 15 is 0 Å². The number of Topliss-reactive ketones (excluding diaryl/α,β-unsaturated/α-hetero) is 1. The summed E-state index contributed by atoms with van der Waals surface area (Å²) < 4.78 is 0. The number of ketones is 1. The monoisotopic (exact) mass is 359 g/mol. The van der Waals surface area contributed by atoms with Gasteiger partial charge in [-0.15, -0.1) is 0 Å². The first kappa shape index (κ1) is 18.3. The highest BCUT2D eigenvalue weighted by molar-refractivity contribution is 6.03. The van der Waals surface area contributed by atoms with Crippen LogP contribution in [-0.4, -0.2) is 16.7 Å². The number of carbonyl (C=O) groups is 2. The maximum absolute atomic E-state index is 12.4. The van der Waals surface area contributed by atoms with Crippen molar-refractivity contribution in [1.82, 2.24) is 4.98 Å². The van der Waals surface area contributed by atoms with E-state index in [2.05, 4.69) is 40.7 Å². The number of nitrogens with zero attached hydrogens (tertiary/aromatic N) is 1. The Morgan fingerprint density at radius 2 is 1.74 bits per heavy atom. The third-order valence-corrected chi connectivity index (χ3v) is 4.12. The molecule has 0 bridgehead atoms. The van der Waals surface area contributed by atoms with Crippen molar-refractivity contribution >= 4 is 23.1 Å². The van der Waals surface area contributed by atoms with Crippen LogP contribution in [0.3, 0.4) is 0 Å². The molecule has 0 aliphatic rings. The first-order chi connectivity index (χ1) is 13.0. The molecule has 2 N–H and O–H groups in total. The van der Waals surface area contributed by atoms with Crippen molar-refractivity contribution in [2.75, 3.05) is 10.6 Å². The van der Waals surface area contributed by atoms with Gasteiger partial charge in [-0.25, -0.2) is 0 Å². The fraction of sp³-hybridized carbons (Fsp3) is 0.136. The highest BCUT2D eigenvalue weighted by atomic mass is 16.2. The molecule has 1 heterocycles. The lowest BCUT2D eigenvalue weighted by molar-refractivity contribution is 0.101. The van der Waals surface area contributed by atoms with Crippen LogP contribution in [0, 0.1) is 6.92 Å². The molecular formula is C22H21N3O2. The second kappa shape index (κ2) is 8.27. The number of aromatic nitrogens is 1. The van der Waals surface area contributed by atoms with Gasteiger partial charge in [0.1, 0.15) is 5.69 Å². The van der Waals surface area contributed by atoms with Crippen molar-refractivity contribution < 1.29 is 9.59 Å². The number of anilines is 2. The summed E-state index contributed by atoms with van der Waals surface area (Å²) in [5.74, 6) is -0.313. The quantitative estimate of drug-likeness (QED) is 0.638. The summed E-state index contributed by atoms with van der Waals surface area (Å²) in [5, 5.41) is 6.10. The summed E-state index contributed by atoms with van der Waals surface area (Å²) in [6.45, 7) is 4.23. The zero-order valence-corrected chi connectivity index (χ0v) is 15.3. The molecule has 2 aromatic carbocycles. The van der Waals surface area contributed by atoms with Gasteiger partial charge in [0, 0.05) is 29.7 Å². The Balaban J connectivity index is 1.65. The molecule has 3 rings (SSSR count). The van der Waals surface area contributed by atoms with E-state index in [4.69, 9.17) is 0 Å². The maximum Gasteiger partial charge on any atom is 0.274 e. The molecule has 1 aromatic heterocycles. The lowest BCUT2D eigenvalue weighted by Gasteiger charge is -2.09. The van der Waals surface area contributed by atoms with Crippen molar-refractivity contribution in [3.05, 3.63) is 89.2 Å². The van der Waals surface area contributed by atoms with Crippen LogP contribution in [0.5, 0.6) is 0 Å². The van der Waals surface area contributed by atoms with Gasteiger partial charge in [-0.1, -0.05) is 29.8 Å². The highest BCUT2D eigenvalue weighted by Gasteiger charge is 2.09. The molecule has 136 valence electrons. The fourth-order valence-corrected chi connectivity index (χ4v) is 2.67. The Labute approximate surface area is 158 Å². The van der Waals surface area contributed by atoms with Gasteiger partial charge in [-0.05, 0) is 55.8 Å². The molecule has 0 aliphatic carbocycles. The van der Waals surface area contributed by atoms with E-state index in [1.165, 1.54) is 18.1 Å². The Kier molecular flexibility index (Phi) is 5.61. The summed E-state index contributed by atoms with van der Waals surface area (Å²) in [5.41, 5.74) is 4.74. The van der Waals surface area contributed by atoms with Crippen LogP contribution in [-0.2, 0) is 6.54 Å². The predicted octanol–water partition coefficient (Wildman–Crippen LogP) is 4.46. The molecule has 3 aromatic rings. The summed E-state index contributed by atoms with van der Waals surface area (Å²) in [6.07, 6.45) is 1.60. The SMILES string of the molecule is CC(=O)c1ccc(NC(=O)c2cc(NCc3cccc(C)c3)ccn2)cc1. The minimum atomic E-state index is -0.301. The van der Waals surface area contributed by atoms with Gasteiger partial charge in [0.15, 0.2) is 5.78 Å². The van der Waals surface area contributed by atoms with E-state index in [-0.39, 0.29) is 11.7 Å². The smallest absolute Gasteiger partial charge is 0.274 e. The number of hydrogen-bond acceptors (Lipinski definition) is 4. The molecule has 5 nitrogen and oxygen atoms in total. The summed E-state index contributed by atoms with van der Waals surface area (Å²) >= 11 is 0. The first-order valence-electron chi connectivity index (χ1n) is 8.69. The van der Waals surface area contributed by atoms with E-state index in [1.54, 1.807) is 36.5 Å². The molecule has 0 radical (unpaired) electrons. The molecular weight excluding hydrogens is 338 g/mol. The summed E-state index contributed by atoms with van der Waals surface area (Å²) in [4.78, 5) is 27.9. The number of rotatable bonds is 6. The van der Waals surface area contributed by atoms with Gasteiger partial charge in [0.25, 0.3) is 5.91 Å². The van der Waals surface area contributed by atoms with E-state index in [9.17, 15) is 9.59 Å². The lowest BCUT2D eigenvalue weighted by Crippen LogP contribution is -2.14. The topological polar surface area (TPSA) is 71.1 Å². The third kappa shape index (κ3) is 5.01. The van der Waals surface area contributed by atoms with Gasteiger partial charge in [0.2, 0.25) is 0 Å². The predicted molar refractivity (Wildman–Crippen MR) is 107 cm³/mol. The Morgan fingerprint density at radius 1 is 0.963 bits per heavy atom. The van der Waals surface area contributed by atoms with Gasteiger partial charge in [-0.3, -0.25) is 14.6 Å². The minimum Gasteiger partial charge on any atom is -0.381 e. The van der Waals surface area contributed by atoms with Crippen molar-refractivity contribution in [2.45, 2.75) is 20.4 Å². The van der Waals surface area contributed by atoms with Crippen LogP contribution in [0.4, 0.5) is 11.4 Å². The number of benzene rings is 2. The normalized spacial score (nSPS) is 10.3. The minimum absolute atomic E-state index is 0.0121. The van der Waals surface area contributed by atoms with Crippen LogP contribution in [0.15, 0.2) is 66.9 Å². The average Bonchev–Trinajstić information content (AvgIpc) is 2.67. The van der Waals surface area contributed by atoms with Gasteiger partial charge in [0.05, 0.1) is 0 Å². The van der Waals surface area contributed by atoms with Crippen LogP contribution in [0.25, 0.3) is 0 Å². The summed E-state index contributed by atoms with van der Waals surface area (Å²) in [6, 6.07) is 18.6. The molecule has 0 saturated carbocycles. The van der Waals surface area contributed by atoms with Gasteiger partial charge in [-0.2, -0.15) is 0 Å². The number of pyridine rings is 1. The molecule has 0 atom stereocenters. The first-order valence-corrected chi connectivity index (χ1v) is 8.69. The van der Waals surface area contributed by atoms with E-state index in [0.29, 0.717) is 23.5 Å².